The summed E-state index contributed by atoms with van der Waals surface area (Å²) in [6, 6.07) is 11.8. The molecule has 5 heteroatoms. The van der Waals surface area contributed by atoms with Gasteiger partial charge in [0.15, 0.2) is 5.41 Å². The van der Waals surface area contributed by atoms with Gasteiger partial charge in [0.05, 0.1) is 22.3 Å². The summed E-state index contributed by atoms with van der Waals surface area (Å²) >= 11 is 0. The Morgan fingerprint density at radius 1 is 0.333 bits per heavy atom. The molecule has 0 radical (unpaired) electrons. The summed E-state index contributed by atoms with van der Waals surface area (Å²) in [7, 11) is 0.106. The molecular formula is C79H24O4Si. The predicted molar refractivity (Wildman–Crippen MR) is 349 cm³/mol. The Morgan fingerprint density at radius 3 is 0.821 bits per heavy atom. The highest BCUT2D eigenvalue weighted by atomic mass is 28.3. The molecule has 368 valence electrons. The van der Waals surface area contributed by atoms with Gasteiger partial charge in [-0.1, -0.05) is 59.8 Å². The van der Waals surface area contributed by atoms with Crippen molar-refractivity contribution < 1.29 is 19.1 Å². The number of benzene rings is 19. The maximum absolute atomic E-state index is 15.2. The number of hydrogen-bond acceptors (Lipinski definition) is 4. The van der Waals surface area contributed by atoms with E-state index in [0.717, 1.165) is 6.42 Å². The Hall–Kier alpha value is -9.42. The predicted octanol–water partition coefficient (Wildman–Crippen LogP) is 19.1. The van der Waals surface area contributed by atoms with Gasteiger partial charge >= 0.3 is 11.9 Å². The van der Waals surface area contributed by atoms with Crippen molar-refractivity contribution >= 4 is 316 Å². The molecule has 0 fully saturated rings. The van der Waals surface area contributed by atoms with Crippen molar-refractivity contribution in [3.05, 3.63) is 63.7 Å². The molecule has 2 spiro atoms. The standard InChI is InChI=1S/C79H24O4Si/c1-82-75(80)77(76(81)83-2)10-13-11-78-70-62-54-44-34-26-18-16-17-20-24-22(18)30-38-32(24)42-36-28(20)29-21(17)25-23-19(16)27(26)35-41-31(23)39-33(25)43-37(29)47-46(36)58-52(42)60-50(38)56(48(54)40(30)34)64(70)66(60)72-68(58)69-59(47)53(43)61-51(39)57-49(41)55(45(35)44)63(62)71(78)65(57)67(61)73(69)79(72,78)74(15(13)12-77)84(3,4)14-8-6-5-7-9-14/h5-9,74H,10-12H2,1-4H3. The van der Waals surface area contributed by atoms with Crippen LogP contribution in [0.3, 0.4) is 0 Å². The zero-order valence-corrected chi connectivity index (χ0v) is 45.7. The zero-order chi connectivity index (χ0) is 52.0. The first-order chi connectivity index (χ1) is 41.3. The van der Waals surface area contributed by atoms with E-state index >= 15 is 9.59 Å². The average molecular weight is 1070 g/mol. The van der Waals surface area contributed by atoms with Gasteiger partial charge in [-0.3, -0.25) is 9.59 Å². The number of allylic oxidation sites excluding steroid dienone is 2. The first-order valence-electron chi connectivity index (χ1n) is 31.0. The summed E-state index contributed by atoms with van der Waals surface area (Å²) < 4.78 is 11.9. The van der Waals surface area contributed by atoms with Crippen molar-refractivity contribution in [1.29, 1.82) is 0 Å². The number of methoxy groups -OCH3 is 2. The molecular weight excluding hydrogens is 1040 g/mol. The van der Waals surface area contributed by atoms with Crippen LogP contribution >= 0.6 is 0 Å². The van der Waals surface area contributed by atoms with Gasteiger partial charge in [-0.05, 0) is 338 Å². The molecule has 35 rings (SSSR count). The molecule has 0 aliphatic heterocycles. The topological polar surface area (TPSA) is 52.6 Å². The molecule has 0 N–H and O–H groups in total. The number of rotatable bonds is 4. The third kappa shape index (κ3) is 2.02. The van der Waals surface area contributed by atoms with Gasteiger partial charge in [-0.2, -0.15) is 0 Å². The van der Waals surface area contributed by atoms with Crippen LogP contribution in [0.25, 0.3) is 291 Å². The quantitative estimate of drug-likeness (QED) is 0.0579. The van der Waals surface area contributed by atoms with E-state index in [2.05, 4.69) is 43.4 Å². The SMILES string of the molecule is COC(=O)C1(C(=O)OC)CC2=C(C1)C([Si](C)(C)c1ccccc1)C13c4c5c6c7c8c9c(c%10c%11c1c1c4c4c%12c5c5c6c6c8c8c%13c9c9c%10c%10c%11c%11c1c1c4c4c%12c%12c5c5c6c8c6c8c%13c9c9c%10c%10c%11c1c1c4c4c%12c5c6c5c8c9c%10c1c45)C73C2. The summed E-state index contributed by atoms with van der Waals surface area (Å²) in [6.45, 7) is 5.44. The Labute approximate surface area is 464 Å². The summed E-state index contributed by atoms with van der Waals surface area (Å²) in [4.78, 5) is 30.4. The number of hydrogen-bond donors (Lipinski definition) is 0. The van der Waals surface area contributed by atoms with Crippen LogP contribution in [0.2, 0.25) is 18.6 Å². The van der Waals surface area contributed by atoms with Gasteiger partial charge in [0.1, 0.15) is 0 Å². The van der Waals surface area contributed by atoms with E-state index < -0.39 is 36.3 Å². The number of ether oxygens (including phenoxy) is 2. The minimum Gasteiger partial charge on any atom is -0.468 e. The second kappa shape index (κ2) is 8.26. The van der Waals surface area contributed by atoms with Crippen molar-refractivity contribution in [3.63, 3.8) is 0 Å². The number of carbonyl (C=O) groups excluding carboxylic acids is 2. The fourth-order valence-electron chi connectivity index (χ4n) is 29.1. The second-order valence-electron chi connectivity index (χ2n) is 30.7. The Balaban J connectivity index is 1.02. The van der Waals surface area contributed by atoms with Crippen LogP contribution in [0.5, 0.6) is 0 Å². The largest absolute Gasteiger partial charge is 0.468 e. The van der Waals surface area contributed by atoms with E-state index in [1.807, 2.05) is 0 Å². The van der Waals surface area contributed by atoms with Crippen molar-refractivity contribution in [2.24, 2.45) is 5.41 Å². The molecule has 0 bridgehead atoms. The van der Waals surface area contributed by atoms with Crippen molar-refractivity contribution in [3.8, 4) is 0 Å². The third-order valence-electron chi connectivity index (χ3n) is 29.7. The van der Waals surface area contributed by atoms with Gasteiger partial charge in [0.2, 0.25) is 0 Å². The average Bonchev–Trinajstić information content (AvgIpc) is 1.39. The van der Waals surface area contributed by atoms with Gasteiger partial charge in [0.25, 0.3) is 0 Å². The van der Waals surface area contributed by atoms with Crippen molar-refractivity contribution in [2.75, 3.05) is 14.2 Å². The Kier molecular flexibility index (Phi) is 3.43. The van der Waals surface area contributed by atoms with Gasteiger partial charge < -0.3 is 9.47 Å². The maximum atomic E-state index is 15.2. The molecule has 29 aromatic carbocycles. The van der Waals surface area contributed by atoms with Crippen LogP contribution in [-0.2, 0) is 29.9 Å². The lowest BCUT2D eigenvalue weighted by Gasteiger charge is -2.63. The molecule has 1 atom stereocenters. The van der Waals surface area contributed by atoms with Gasteiger partial charge in [-0.25, -0.2) is 0 Å². The highest BCUT2D eigenvalue weighted by molar-refractivity contribution is 6.92. The molecule has 29 aromatic rings. The fourth-order valence-corrected chi connectivity index (χ4v) is 33.3. The number of esters is 2. The summed E-state index contributed by atoms with van der Waals surface area (Å²) in [6.07, 6.45) is 1.45. The maximum Gasteiger partial charge on any atom is 0.323 e. The molecule has 6 aliphatic carbocycles. The summed E-state index contributed by atoms with van der Waals surface area (Å²) in [5, 5.41) is 87.5. The van der Waals surface area contributed by atoms with Crippen LogP contribution in [0, 0.1) is 5.41 Å². The molecule has 0 saturated heterocycles. The molecule has 6 aliphatic rings. The zero-order valence-electron chi connectivity index (χ0n) is 44.7. The first-order valence-corrected chi connectivity index (χ1v) is 34.1. The van der Waals surface area contributed by atoms with E-state index in [4.69, 9.17) is 9.47 Å². The van der Waals surface area contributed by atoms with Crippen molar-refractivity contribution in [1.82, 2.24) is 0 Å². The molecule has 4 nitrogen and oxygen atoms in total. The Bertz CT molecular complexity index is 7900. The molecule has 0 amide bonds. The second-order valence-corrected chi connectivity index (χ2v) is 35.3. The third-order valence-corrected chi connectivity index (χ3v) is 33.7. The lowest BCUT2D eigenvalue weighted by Crippen LogP contribution is -2.64. The van der Waals surface area contributed by atoms with Gasteiger partial charge in [-0.15, -0.1) is 0 Å². The fraction of sp³-hybridized carbons (Fsp3) is 0.139. The van der Waals surface area contributed by atoms with E-state index in [1.54, 1.807) is 313 Å². The normalized spacial score (nSPS) is 23.2. The lowest BCUT2D eigenvalue weighted by molar-refractivity contribution is -0.168. The summed E-state index contributed by atoms with van der Waals surface area (Å²) in [5.74, 6) is -0.895. The summed E-state index contributed by atoms with van der Waals surface area (Å²) in [5.41, 5.74) is 6.65. The lowest BCUT2D eigenvalue weighted by atomic mass is 9.43. The van der Waals surface area contributed by atoms with Crippen LogP contribution < -0.4 is 5.19 Å². The number of carbonyl (C=O) groups is 2. The first kappa shape index (κ1) is 34.9. The van der Waals surface area contributed by atoms with E-state index in [1.165, 1.54) is 30.6 Å². The van der Waals surface area contributed by atoms with E-state index in [-0.39, 0.29) is 5.54 Å². The molecule has 0 aromatic heterocycles. The molecule has 0 heterocycles. The van der Waals surface area contributed by atoms with E-state index in [9.17, 15) is 0 Å². The minimum absolute atomic E-state index is 0.0249. The van der Waals surface area contributed by atoms with Gasteiger partial charge in [0, 0.05) is 10.8 Å². The van der Waals surface area contributed by atoms with Crippen LogP contribution in [0.1, 0.15) is 41.5 Å². The van der Waals surface area contributed by atoms with Crippen molar-refractivity contribution in [2.45, 2.75) is 48.7 Å². The monoisotopic (exact) mass is 1060 g/mol. The van der Waals surface area contributed by atoms with E-state index in [0.29, 0.717) is 12.8 Å². The molecule has 0 saturated carbocycles. The highest BCUT2D eigenvalue weighted by Gasteiger charge is 2.77. The molecule has 1 unspecified atom stereocenters. The highest BCUT2D eigenvalue weighted by Crippen LogP contribution is 2.88. The van der Waals surface area contributed by atoms with Crippen LogP contribution in [-0.4, -0.2) is 34.2 Å². The Morgan fingerprint density at radius 2 is 0.571 bits per heavy atom. The smallest absolute Gasteiger partial charge is 0.323 e. The molecule has 84 heavy (non-hydrogen) atoms. The van der Waals surface area contributed by atoms with Crippen LogP contribution in [0.4, 0.5) is 0 Å². The van der Waals surface area contributed by atoms with Crippen LogP contribution in [0.15, 0.2) is 41.5 Å². The minimum atomic E-state index is -2.89.